The highest BCUT2D eigenvalue weighted by Gasteiger charge is 2.26. The summed E-state index contributed by atoms with van der Waals surface area (Å²) in [5, 5.41) is 9.72. The van der Waals surface area contributed by atoms with Crippen molar-refractivity contribution in [2.24, 2.45) is 0 Å². The van der Waals surface area contributed by atoms with Crippen LogP contribution in [0.2, 0.25) is 5.02 Å². The second kappa shape index (κ2) is 9.94. The number of hydrogen-bond donors (Lipinski definition) is 0. The first-order valence-corrected chi connectivity index (χ1v) is 10.9. The SMILES string of the molecule is CCC[C@@H](Sc1nnc(-c2ccccc2Cl)n1-c1ccc(C)cc1)C(=O)OCC. The zero-order chi connectivity index (χ0) is 20.8. The summed E-state index contributed by atoms with van der Waals surface area (Å²) in [6.45, 7) is 6.26. The lowest BCUT2D eigenvalue weighted by molar-refractivity contribution is -0.142. The molecule has 152 valence electrons. The normalized spacial score (nSPS) is 12.0. The molecule has 0 unspecified atom stereocenters. The molecule has 1 heterocycles. The van der Waals surface area contributed by atoms with Gasteiger partial charge >= 0.3 is 5.97 Å². The molecule has 3 aromatic rings. The van der Waals surface area contributed by atoms with Gasteiger partial charge in [-0.25, -0.2) is 0 Å². The van der Waals surface area contributed by atoms with Crippen molar-refractivity contribution in [3.8, 4) is 17.1 Å². The minimum atomic E-state index is -0.340. The number of rotatable bonds is 8. The quantitative estimate of drug-likeness (QED) is 0.338. The van der Waals surface area contributed by atoms with Gasteiger partial charge in [-0.3, -0.25) is 9.36 Å². The first-order valence-electron chi connectivity index (χ1n) is 9.65. The minimum Gasteiger partial charge on any atom is -0.465 e. The van der Waals surface area contributed by atoms with Crippen LogP contribution in [0, 0.1) is 6.92 Å². The first-order chi connectivity index (χ1) is 14.0. The Bertz CT molecular complexity index is 972. The van der Waals surface area contributed by atoms with Gasteiger partial charge < -0.3 is 4.74 Å². The summed E-state index contributed by atoms with van der Waals surface area (Å²) in [5.74, 6) is 0.415. The van der Waals surface area contributed by atoms with E-state index in [1.54, 1.807) is 0 Å². The van der Waals surface area contributed by atoms with Crippen molar-refractivity contribution in [1.82, 2.24) is 14.8 Å². The van der Waals surface area contributed by atoms with Crippen LogP contribution in [-0.4, -0.2) is 32.6 Å². The van der Waals surface area contributed by atoms with Gasteiger partial charge in [-0.15, -0.1) is 10.2 Å². The zero-order valence-corrected chi connectivity index (χ0v) is 18.3. The molecule has 0 saturated carbocycles. The number of carbonyl (C=O) groups is 1. The van der Waals surface area contributed by atoms with Crippen LogP contribution < -0.4 is 0 Å². The largest absolute Gasteiger partial charge is 0.465 e. The Morgan fingerprint density at radius 1 is 1.14 bits per heavy atom. The van der Waals surface area contributed by atoms with E-state index in [0.29, 0.717) is 29.0 Å². The topological polar surface area (TPSA) is 57.0 Å². The molecule has 0 aliphatic rings. The van der Waals surface area contributed by atoms with Crippen molar-refractivity contribution in [2.75, 3.05) is 6.61 Å². The lowest BCUT2D eigenvalue weighted by atomic mass is 10.2. The van der Waals surface area contributed by atoms with Crippen LogP contribution in [0.25, 0.3) is 17.1 Å². The van der Waals surface area contributed by atoms with Crippen LogP contribution in [0.3, 0.4) is 0 Å². The summed E-state index contributed by atoms with van der Waals surface area (Å²) in [7, 11) is 0. The van der Waals surface area contributed by atoms with Crippen LogP contribution in [0.1, 0.15) is 32.3 Å². The molecule has 1 atom stereocenters. The van der Waals surface area contributed by atoms with Gasteiger partial charge in [0.2, 0.25) is 0 Å². The third kappa shape index (κ3) is 5.00. The summed E-state index contributed by atoms with van der Waals surface area (Å²) in [5.41, 5.74) is 2.86. The maximum absolute atomic E-state index is 12.4. The average Bonchev–Trinajstić information content (AvgIpc) is 3.12. The van der Waals surface area contributed by atoms with E-state index in [4.69, 9.17) is 16.3 Å². The van der Waals surface area contributed by atoms with Gasteiger partial charge in [-0.1, -0.05) is 66.5 Å². The number of carbonyl (C=O) groups excluding carboxylic acids is 1. The van der Waals surface area contributed by atoms with E-state index < -0.39 is 0 Å². The highest BCUT2D eigenvalue weighted by molar-refractivity contribution is 8.00. The first kappa shape index (κ1) is 21.4. The van der Waals surface area contributed by atoms with Crippen molar-refractivity contribution in [1.29, 1.82) is 0 Å². The molecule has 0 bridgehead atoms. The number of esters is 1. The number of hydrogen-bond acceptors (Lipinski definition) is 5. The molecule has 3 rings (SSSR count). The fraction of sp³-hybridized carbons (Fsp3) is 0.318. The van der Waals surface area contributed by atoms with Crippen molar-refractivity contribution >= 4 is 29.3 Å². The molecule has 0 aliphatic carbocycles. The predicted octanol–water partition coefficient (Wildman–Crippen LogP) is 5.72. The van der Waals surface area contributed by atoms with Gasteiger partial charge in [0.1, 0.15) is 5.25 Å². The van der Waals surface area contributed by atoms with E-state index >= 15 is 0 Å². The lowest BCUT2D eigenvalue weighted by Crippen LogP contribution is -2.20. The summed E-state index contributed by atoms with van der Waals surface area (Å²) >= 11 is 7.82. The minimum absolute atomic E-state index is 0.225. The van der Waals surface area contributed by atoms with Gasteiger partial charge in [0.25, 0.3) is 0 Å². The third-order valence-electron chi connectivity index (χ3n) is 4.39. The van der Waals surface area contributed by atoms with Gasteiger partial charge in [0.05, 0.1) is 11.6 Å². The molecule has 0 radical (unpaired) electrons. The predicted molar refractivity (Wildman–Crippen MR) is 118 cm³/mol. The molecule has 29 heavy (non-hydrogen) atoms. The molecular formula is C22H24ClN3O2S. The fourth-order valence-corrected chi connectivity index (χ4v) is 4.32. The highest BCUT2D eigenvalue weighted by Crippen LogP contribution is 2.34. The van der Waals surface area contributed by atoms with Crippen LogP contribution >= 0.6 is 23.4 Å². The molecule has 2 aromatic carbocycles. The Kier molecular flexibility index (Phi) is 7.34. The standard InChI is InChI=1S/C22H24ClN3O2S/c1-4-8-19(21(27)28-5-2)29-22-25-24-20(17-9-6-7-10-18(17)23)26(22)16-13-11-15(3)12-14-16/h6-7,9-14,19H,4-5,8H2,1-3H3/t19-/m1/s1. The van der Waals surface area contributed by atoms with Gasteiger partial charge in [-0.05, 0) is 44.5 Å². The summed E-state index contributed by atoms with van der Waals surface area (Å²) in [6, 6.07) is 15.7. The van der Waals surface area contributed by atoms with Gasteiger partial charge in [0, 0.05) is 11.3 Å². The third-order valence-corrected chi connectivity index (χ3v) is 5.91. The van der Waals surface area contributed by atoms with E-state index in [9.17, 15) is 4.79 Å². The molecule has 5 nitrogen and oxygen atoms in total. The van der Waals surface area contributed by atoms with Crippen LogP contribution in [0.15, 0.2) is 53.7 Å². The van der Waals surface area contributed by atoms with E-state index in [1.807, 2.05) is 73.9 Å². The number of ether oxygens (including phenoxy) is 1. The molecule has 0 spiro atoms. The van der Waals surface area contributed by atoms with Crippen molar-refractivity contribution in [2.45, 2.75) is 44.0 Å². The maximum Gasteiger partial charge on any atom is 0.319 e. The number of nitrogens with zero attached hydrogens (tertiary/aromatic N) is 3. The number of thioether (sulfide) groups is 1. The second-order valence-electron chi connectivity index (χ2n) is 6.60. The van der Waals surface area contributed by atoms with Gasteiger partial charge in [0.15, 0.2) is 11.0 Å². The summed E-state index contributed by atoms with van der Waals surface area (Å²) in [4.78, 5) is 12.4. The van der Waals surface area contributed by atoms with Gasteiger partial charge in [-0.2, -0.15) is 0 Å². The highest BCUT2D eigenvalue weighted by atomic mass is 35.5. The fourth-order valence-electron chi connectivity index (χ4n) is 2.94. The number of benzene rings is 2. The summed E-state index contributed by atoms with van der Waals surface area (Å²) in [6.07, 6.45) is 1.57. The van der Waals surface area contributed by atoms with E-state index in [1.165, 1.54) is 11.8 Å². The molecule has 7 heteroatoms. The Morgan fingerprint density at radius 2 is 1.86 bits per heavy atom. The van der Waals surface area contributed by atoms with E-state index in [2.05, 4.69) is 10.2 Å². The van der Waals surface area contributed by atoms with Crippen LogP contribution in [0.5, 0.6) is 0 Å². The Morgan fingerprint density at radius 3 is 2.52 bits per heavy atom. The van der Waals surface area contributed by atoms with Crippen molar-refractivity contribution in [3.05, 3.63) is 59.1 Å². The van der Waals surface area contributed by atoms with Crippen LogP contribution in [-0.2, 0) is 9.53 Å². The molecule has 0 fully saturated rings. The smallest absolute Gasteiger partial charge is 0.319 e. The maximum atomic E-state index is 12.4. The number of aryl methyl sites for hydroxylation is 1. The molecular weight excluding hydrogens is 406 g/mol. The molecule has 0 saturated heterocycles. The van der Waals surface area contributed by atoms with E-state index in [-0.39, 0.29) is 11.2 Å². The average molecular weight is 430 g/mol. The second-order valence-corrected chi connectivity index (χ2v) is 8.18. The number of aromatic nitrogens is 3. The lowest BCUT2D eigenvalue weighted by Gasteiger charge is -2.16. The molecule has 0 aliphatic heterocycles. The molecule has 0 amide bonds. The van der Waals surface area contributed by atoms with Crippen molar-refractivity contribution < 1.29 is 9.53 Å². The van der Waals surface area contributed by atoms with E-state index in [0.717, 1.165) is 23.2 Å². The molecule has 1 aromatic heterocycles. The van der Waals surface area contributed by atoms with Crippen LogP contribution in [0.4, 0.5) is 0 Å². The Hall–Kier alpha value is -2.31. The Balaban J connectivity index is 2.08. The summed E-state index contributed by atoms with van der Waals surface area (Å²) < 4.78 is 7.21. The Labute approximate surface area is 180 Å². The number of halogens is 1. The van der Waals surface area contributed by atoms with Crippen molar-refractivity contribution in [3.63, 3.8) is 0 Å². The molecule has 0 N–H and O–H groups in total. The zero-order valence-electron chi connectivity index (χ0n) is 16.8. The monoisotopic (exact) mass is 429 g/mol.